The van der Waals surface area contributed by atoms with Crippen molar-refractivity contribution in [2.75, 3.05) is 14.2 Å². The molecule has 4 rings (SSSR count). The number of carbonyl (C=O) groups is 2. The van der Waals surface area contributed by atoms with Gasteiger partial charge in [-0.2, -0.15) is 0 Å². The summed E-state index contributed by atoms with van der Waals surface area (Å²) in [5, 5.41) is 11.4. The lowest BCUT2D eigenvalue weighted by atomic mass is 9.99. The van der Waals surface area contributed by atoms with E-state index in [9.17, 15) is 14.7 Å². The average molecular weight is 468 g/mol. The Morgan fingerprint density at radius 1 is 1.09 bits per heavy atom. The number of Topliss-reactive ketones (excluding diaryl/α,β-unsaturated/α-hetero) is 1. The van der Waals surface area contributed by atoms with Crippen LogP contribution in [0.4, 0.5) is 0 Å². The van der Waals surface area contributed by atoms with Crippen molar-refractivity contribution in [3.8, 4) is 11.5 Å². The van der Waals surface area contributed by atoms with Crippen molar-refractivity contribution in [3.05, 3.63) is 87.8 Å². The molecule has 170 valence electrons. The molecule has 1 fully saturated rings. The number of rotatable bonds is 6. The maximum absolute atomic E-state index is 13.1. The lowest BCUT2D eigenvalue weighted by Crippen LogP contribution is -2.29. The van der Waals surface area contributed by atoms with Gasteiger partial charge in [0.25, 0.3) is 11.7 Å². The summed E-state index contributed by atoms with van der Waals surface area (Å²) in [6.45, 7) is 1.88. The highest BCUT2D eigenvalue weighted by Crippen LogP contribution is 2.41. The quantitative estimate of drug-likeness (QED) is 0.316. The van der Waals surface area contributed by atoms with E-state index in [1.54, 1.807) is 56.5 Å². The number of aliphatic hydroxyl groups is 1. The van der Waals surface area contributed by atoms with Gasteiger partial charge in [0.05, 0.1) is 24.8 Å². The third kappa shape index (κ3) is 4.19. The number of amides is 1. The molecular formula is C25H22ClNO6. The molecule has 2 aromatic carbocycles. The van der Waals surface area contributed by atoms with Crippen molar-refractivity contribution in [2.45, 2.75) is 19.5 Å². The SMILES string of the molecule is COc1cccc(CN2C(=O)C(=O)/C(=C(\O)c3ccc(OC)c(Cl)c3)C2c2ccc(C)o2)c1. The molecule has 8 heteroatoms. The normalized spacial score (nSPS) is 17.5. The van der Waals surface area contributed by atoms with E-state index >= 15 is 0 Å². The van der Waals surface area contributed by atoms with Gasteiger partial charge in [-0.25, -0.2) is 0 Å². The van der Waals surface area contributed by atoms with Crippen LogP contribution in [0.3, 0.4) is 0 Å². The molecule has 1 amide bonds. The Kier molecular flexibility index (Phi) is 6.16. The zero-order chi connectivity index (χ0) is 23.7. The van der Waals surface area contributed by atoms with Crippen LogP contribution >= 0.6 is 11.6 Å². The summed E-state index contributed by atoms with van der Waals surface area (Å²) in [6.07, 6.45) is 0. The van der Waals surface area contributed by atoms with Crippen molar-refractivity contribution in [1.29, 1.82) is 0 Å². The van der Waals surface area contributed by atoms with E-state index in [0.717, 1.165) is 5.56 Å². The van der Waals surface area contributed by atoms with Crippen LogP contribution in [0, 0.1) is 6.92 Å². The topological polar surface area (TPSA) is 89.2 Å². The van der Waals surface area contributed by atoms with Gasteiger partial charge >= 0.3 is 0 Å². The summed E-state index contributed by atoms with van der Waals surface area (Å²) in [7, 11) is 3.03. The molecule has 0 radical (unpaired) electrons. The predicted molar refractivity (Wildman–Crippen MR) is 122 cm³/mol. The van der Waals surface area contributed by atoms with Crippen LogP contribution in [0.25, 0.3) is 5.76 Å². The van der Waals surface area contributed by atoms with E-state index in [1.807, 2.05) is 6.07 Å². The first-order valence-corrected chi connectivity index (χ1v) is 10.5. The molecule has 1 aliphatic rings. The third-order valence-electron chi connectivity index (χ3n) is 5.48. The Balaban J connectivity index is 1.83. The standard InChI is InChI=1S/C25H22ClNO6/c1-14-7-9-20(33-14)22-21(23(28)16-8-10-19(32-3)18(26)12-16)24(29)25(30)27(22)13-15-5-4-6-17(11-15)31-2/h4-12,22,28H,13H2,1-3H3/b23-21-. The van der Waals surface area contributed by atoms with Crippen LogP contribution in [0.15, 0.2) is 64.6 Å². The number of carbonyl (C=O) groups excluding carboxylic acids is 2. The van der Waals surface area contributed by atoms with Crippen LogP contribution in [0.5, 0.6) is 11.5 Å². The number of likely N-dealkylation sites (tertiary alicyclic amines) is 1. The Morgan fingerprint density at radius 3 is 2.52 bits per heavy atom. The number of hydrogen-bond donors (Lipinski definition) is 1. The van der Waals surface area contributed by atoms with Gasteiger partial charge in [0.15, 0.2) is 0 Å². The van der Waals surface area contributed by atoms with E-state index in [4.69, 9.17) is 25.5 Å². The molecule has 0 bridgehead atoms. The second kappa shape index (κ2) is 9.03. The van der Waals surface area contributed by atoms with E-state index in [1.165, 1.54) is 18.1 Å². The largest absolute Gasteiger partial charge is 0.507 e. The molecule has 0 spiro atoms. The number of methoxy groups -OCH3 is 2. The predicted octanol–water partition coefficient (Wildman–Crippen LogP) is 4.88. The molecule has 0 aliphatic carbocycles. The van der Waals surface area contributed by atoms with Crippen molar-refractivity contribution < 1.29 is 28.6 Å². The molecule has 1 atom stereocenters. The highest BCUT2D eigenvalue weighted by atomic mass is 35.5. The molecule has 7 nitrogen and oxygen atoms in total. The molecule has 33 heavy (non-hydrogen) atoms. The molecule has 3 aromatic rings. The van der Waals surface area contributed by atoms with Gasteiger partial charge in [-0.05, 0) is 55.0 Å². The minimum absolute atomic E-state index is 0.0709. The number of aliphatic hydroxyl groups excluding tert-OH is 1. The first-order valence-electron chi connectivity index (χ1n) is 10.2. The van der Waals surface area contributed by atoms with Crippen LogP contribution in [-0.4, -0.2) is 35.9 Å². The maximum atomic E-state index is 13.1. The van der Waals surface area contributed by atoms with Crippen molar-refractivity contribution in [1.82, 2.24) is 4.90 Å². The van der Waals surface area contributed by atoms with Crippen LogP contribution in [-0.2, 0) is 16.1 Å². The summed E-state index contributed by atoms with van der Waals surface area (Å²) in [6, 6.07) is 14.4. The van der Waals surface area contributed by atoms with Crippen LogP contribution in [0.1, 0.15) is 28.7 Å². The molecule has 0 saturated carbocycles. The summed E-state index contributed by atoms with van der Waals surface area (Å²) in [5.74, 6) is 0.150. The third-order valence-corrected chi connectivity index (χ3v) is 5.78. The fourth-order valence-corrected chi connectivity index (χ4v) is 4.13. The van der Waals surface area contributed by atoms with Gasteiger partial charge in [0.2, 0.25) is 0 Å². The number of furan rings is 1. The van der Waals surface area contributed by atoms with E-state index < -0.39 is 17.7 Å². The summed E-state index contributed by atoms with van der Waals surface area (Å²) >= 11 is 6.22. The van der Waals surface area contributed by atoms with Crippen molar-refractivity contribution in [3.63, 3.8) is 0 Å². The Bertz CT molecular complexity index is 1260. The Hall–Kier alpha value is -3.71. The van der Waals surface area contributed by atoms with Gasteiger partial charge < -0.3 is 23.9 Å². The Labute approximate surface area is 195 Å². The fourth-order valence-electron chi connectivity index (χ4n) is 3.88. The summed E-state index contributed by atoms with van der Waals surface area (Å²) in [5.41, 5.74) is 0.976. The van der Waals surface area contributed by atoms with Crippen LogP contribution < -0.4 is 9.47 Å². The number of halogens is 1. The molecule has 1 N–H and O–H groups in total. The summed E-state index contributed by atoms with van der Waals surface area (Å²) in [4.78, 5) is 27.6. The first-order chi connectivity index (χ1) is 15.8. The zero-order valence-corrected chi connectivity index (χ0v) is 19.1. The minimum atomic E-state index is -0.911. The zero-order valence-electron chi connectivity index (χ0n) is 18.3. The number of nitrogens with zero attached hydrogens (tertiary/aromatic N) is 1. The molecule has 2 heterocycles. The van der Waals surface area contributed by atoms with Crippen molar-refractivity contribution in [2.24, 2.45) is 0 Å². The number of ketones is 1. The number of aryl methyl sites for hydroxylation is 1. The summed E-state index contributed by atoms with van der Waals surface area (Å²) < 4.78 is 16.2. The monoisotopic (exact) mass is 467 g/mol. The highest BCUT2D eigenvalue weighted by Gasteiger charge is 2.47. The molecule has 1 saturated heterocycles. The average Bonchev–Trinajstić information content (AvgIpc) is 3.35. The van der Waals surface area contributed by atoms with Gasteiger partial charge in [0.1, 0.15) is 34.8 Å². The van der Waals surface area contributed by atoms with Crippen molar-refractivity contribution >= 4 is 29.1 Å². The number of hydrogen-bond acceptors (Lipinski definition) is 6. The van der Waals surface area contributed by atoms with Gasteiger partial charge in [-0.1, -0.05) is 23.7 Å². The smallest absolute Gasteiger partial charge is 0.296 e. The Morgan fingerprint density at radius 2 is 1.88 bits per heavy atom. The van der Waals surface area contributed by atoms with E-state index in [0.29, 0.717) is 23.0 Å². The number of benzene rings is 2. The second-order valence-corrected chi connectivity index (χ2v) is 7.98. The molecule has 1 aliphatic heterocycles. The van der Waals surface area contributed by atoms with Crippen LogP contribution in [0.2, 0.25) is 5.02 Å². The second-order valence-electron chi connectivity index (χ2n) is 7.58. The van der Waals surface area contributed by atoms with E-state index in [2.05, 4.69) is 0 Å². The number of ether oxygens (including phenoxy) is 2. The van der Waals surface area contributed by atoms with Gasteiger partial charge in [0, 0.05) is 12.1 Å². The minimum Gasteiger partial charge on any atom is -0.507 e. The first kappa shape index (κ1) is 22.5. The van der Waals surface area contributed by atoms with Gasteiger partial charge in [-0.3, -0.25) is 9.59 Å². The van der Waals surface area contributed by atoms with Gasteiger partial charge in [-0.15, -0.1) is 0 Å². The lowest BCUT2D eigenvalue weighted by molar-refractivity contribution is -0.140. The lowest BCUT2D eigenvalue weighted by Gasteiger charge is -2.23. The maximum Gasteiger partial charge on any atom is 0.296 e. The molecular weight excluding hydrogens is 446 g/mol. The fraction of sp³-hybridized carbons (Fsp3) is 0.200. The molecule has 1 unspecified atom stereocenters. The van der Waals surface area contributed by atoms with E-state index in [-0.39, 0.29) is 28.5 Å². The highest BCUT2D eigenvalue weighted by molar-refractivity contribution is 6.46. The molecule has 1 aromatic heterocycles.